The van der Waals surface area contributed by atoms with E-state index in [4.69, 9.17) is 5.73 Å². The lowest BCUT2D eigenvalue weighted by atomic mass is 10.0. The van der Waals surface area contributed by atoms with Crippen molar-refractivity contribution in [2.75, 3.05) is 0 Å². The standard InChI is InChI=1S/C19H41N/c1-3-5-7-9-11-13-15-17-19(20)18-16-14-12-10-8-6-4-2/h19H,3-18,20H2,1-2H3. The van der Waals surface area contributed by atoms with E-state index in [1.807, 2.05) is 0 Å². The van der Waals surface area contributed by atoms with Crippen molar-refractivity contribution in [3.05, 3.63) is 0 Å². The van der Waals surface area contributed by atoms with Gasteiger partial charge in [0.2, 0.25) is 0 Å². The normalized spacial score (nSPS) is 11.4. The van der Waals surface area contributed by atoms with Crippen LogP contribution < -0.4 is 5.73 Å². The van der Waals surface area contributed by atoms with Gasteiger partial charge in [0.25, 0.3) is 0 Å². The Bertz CT molecular complexity index is 149. The molecule has 1 nitrogen and oxygen atoms in total. The van der Waals surface area contributed by atoms with E-state index in [0.29, 0.717) is 6.04 Å². The van der Waals surface area contributed by atoms with Crippen LogP contribution in [0.15, 0.2) is 0 Å². The number of hydrogen-bond acceptors (Lipinski definition) is 1. The molecule has 0 saturated carbocycles. The lowest BCUT2D eigenvalue weighted by molar-refractivity contribution is 0.481. The molecule has 0 radical (unpaired) electrons. The maximum Gasteiger partial charge on any atom is 0.00388 e. The average Bonchev–Trinajstić information content (AvgIpc) is 2.45. The highest BCUT2D eigenvalue weighted by molar-refractivity contribution is 4.62. The zero-order valence-electron chi connectivity index (χ0n) is 14.5. The van der Waals surface area contributed by atoms with Gasteiger partial charge in [0.05, 0.1) is 0 Å². The van der Waals surface area contributed by atoms with Crippen LogP contribution in [0.25, 0.3) is 0 Å². The van der Waals surface area contributed by atoms with E-state index >= 15 is 0 Å². The number of unbranched alkanes of at least 4 members (excludes halogenated alkanes) is 12. The minimum atomic E-state index is 0.473. The van der Waals surface area contributed by atoms with Crippen molar-refractivity contribution in [1.29, 1.82) is 0 Å². The predicted octanol–water partition coefficient (Wildman–Crippen LogP) is 6.60. The molecule has 0 saturated heterocycles. The van der Waals surface area contributed by atoms with Crippen LogP contribution in [0.1, 0.15) is 117 Å². The molecule has 0 aliphatic heterocycles. The predicted molar refractivity (Wildman–Crippen MR) is 93.2 cm³/mol. The largest absolute Gasteiger partial charge is 0.328 e. The maximum atomic E-state index is 6.20. The van der Waals surface area contributed by atoms with E-state index in [2.05, 4.69) is 13.8 Å². The van der Waals surface area contributed by atoms with Crippen LogP contribution in [0, 0.1) is 0 Å². The fraction of sp³-hybridized carbons (Fsp3) is 1.00. The number of hydrogen-bond donors (Lipinski definition) is 1. The first-order valence-electron chi connectivity index (χ1n) is 9.56. The first-order chi connectivity index (χ1) is 9.81. The van der Waals surface area contributed by atoms with Crippen LogP contribution in [0.5, 0.6) is 0 Å². The smallest absolute Gasteiger partial charge is 0.00388 e. The monoisotopic (exact) mass is 283 g/mol. The van der Waals surface area contributed by atoms with Gasteiger partial charge in [0, 0.05) is 6.04 Å². The molecule has 0 unspecified atom stereocenters. The molecule has 0 aliphatic rings. The Kier molecular flexibility index (Phi) is 17.0. The van der Waals surface area contributed by atoms with Crippen molar-refractivity contribution in [2.24, 2.45) is 5.73 Å². The number of nitrogens with two attached hydrogens (primary N) is 1. The molecule has 0 aliphatic carbocycles. The molecule has 0 aromatic rings. The second kappa shape index (κ2) is 17.0. The summed E-state index contributed by atoms with van der Waals surface area (Å²) in [4.78, 5) is 0. The summed E-state index contributed by atoms with van der Waals surface area (Å²) in [7, 11) is 0. The summed E-state index contributed by atoms with van der Waals surface area (Å²) in [5, 5.41) is 0. The second-order valence-corrected chi connectivity index (χ2v) is 6.58. The van der Waals surface area contributed by atoms with Crippen LogP contribution in [-0.4, -0.2) is 6.04 Å². The van der Waals surface area contributed by atoms with Crippen molar-refractivity contribution in [3.8, 4) is 0 Å². The fourth-order valence-corrected chi connectivity index (χ4v) is 2.87. The molecule has 20 heavy (non-hydrogen) atoms. The summed E-state index contributed by atoms with van der Waals surface area (Å²) >= 11 is 0. The number of rotatable bonds is 16. The van der Waals surface area contributed by atoms with E-state index in [1.165, 1.54) is 103 Å². The second-order valence-electron chi connectivity index (χ2n) is 6.58. The molecule has 0 spiro atoms. The van der Waals surface area contributed by atoms with Crippen molar-refractivity contribution in [1.82, 2.24) is 0 Å². The third-order valence-electron chi connectivity index (χ3n) is 4.36. The van der Waals surface area contributed by atoms with Crippen molar-refractivity contribution in [3.63, 3.8) is 0 Å². The van der Waals surface area contributed by atoms with Gasteiger partial charge < -0.3 is 5.73 Å². The summed E-state index contributed by atoms with van der Waals surface area (Å²) < 4.78 is 0. The lowest BCUT2D eigenvalue weighted by Gasteiger charge is -2.11. The third kappa shape index (κ3) is 16.0. The van der Waals surface area contributed by atoms with E-state index in [-0.39, 0.29) is 0 Å². The van der Waals surface area contributed by atoms with Gasteiger partial charge in [-0.15, -0.1) is 0 Å². The Morgan fingerprint density at radius 2 is 0.800 bits per heavy atom. The van der Waals surface area contributed by atoms with E-state index < -0.39 is 0 Å². The zero-order valence-corrected chi connectivity index (χ0v) is 14.5. The summed E-state index contributed by atoms with van der Waals surface area (Å²) in [6.45, 7) is 4.56. The van der Waals surface area contributed by atoms with Crippen molar-refractivity contribution in [2.45, 2.75) is 123 Å². The molecular formula is C19H41N. The highest BCUT2D eigenvalue weighted by Gasteiger charge is 2.02. The van der Waals surface area contributed by atoms with Gasteiger partial charge in [-0.05, 0) is 12.8 Å². The molecule has 0 aromatic heterocycles. The Labute approximate surface area is 129 Å². The molecule has 0 aromatic carbocycles. The molecule has 0 amide bonds. The minimum Gasteiger partial charge on any atom is -0.328 e. The van der Waals surface area contributed by atoms with Gasteiger partial charge >= 0.3 is 0 Å². The molecule has 0 rings (SSSR count). The molecule has 0 atom stereocenters. The lowest BCUT2D eigenvalue weighted by Crippen LogP contribution is -2.19. The Hall–Kier alpha value is -0.0400. The van der Waals surface area contributed by atoms with Crippen LogP contribution in [0.4, 0.5) is 0 Å². The van der Waals surface area contributed by atoms with Crippen LogP contribution in [0.2, 0.25) is 0 Å². The van der Waals surface area contributed by atoms with Gasteiger partial charge in [-0.1, -0.05) is 104 Å². The maximum absolute atomic E-state index is 6.20. The molecule has 122 valence electrons. The molecule has 2 N–H and O–H groups in total. The first kappa shape index (κ1) is 20.0. The molecule has 1 heteroatoms. The Morgan fingerprint density at radius 1 is 0.500 bits per heavy atom. The van der Waals surface area contributed by atoms with Gasteiger partial charge in [-0.2, -0.15) is 0 Å². The topological polar surface area (TPSA) is 26.0 Å². The van der Waals surface area contributed by atoms with Crippen molar-refractivity contribution < 1.29 is 0 Å². The molecular weight excluding hydrogens is 242 g/mol. The summed E-state index contributed by atoms with van der Waals surface area (Å²) in [6.07, 6.45) is 22.1. The highest BCUT2D eigenvalue weighted by Crippen LogP contribution is 2.13. The van der Waals surface area contributed by atoms with Gasteiger partial charge in [-0.25, -0.2) is 0 Å². The molecule has 0 heterocycles. The summed E-state index contributed by atoms with van der Waals surface area (Å²) in [6, 6.07) is 0.473. The SMILES string of the molecule is CCCCCCCCCC(N)CCCCCCCCC. The van der Waals surface area contributed by atoms with Crippen molar-refractivity contribution >= 4 is 0 Å². The summed E-state index contributed by atoms with van der Waals surface area (Å²) in [5.74, 6) is 0. The highest BCUT2D eigenvalue weighted by atomic mass is 14.6. The van der Waals surface area contributed by atoms with Crippen LogP contribution in [0.3, 0.4) is 0 Å². The fourth-order valence-electron chi connectivity index (χ4n) is 2.87. The third-order valence-corrected chi connectivity index (χ3v) is 4.36. The van der Waals surface area contributed by atoms with Crippen LogP contribution >= 0.6 is 0 Å². The van der Waals surface area contributed by atoms with Gasteiger partial charge in [0.15, 0.2) is 0 Å². The van der Waals surface area contributed by atoms with E-state index in [0.717, 1.165) is 0 Å². The quantitative estimate of drug-likeness (QED) is 0.317. The van der Waals surface area contributed by atoms with Gasteiger partial charge in [0.1, 0.15) is 0 Å². The minimum absolute atomic E-state index is 0.473. The zero-order chi connectivity index (χ0) is 14.9. The summed E-state index contributed by atoms with van der Waals surface area (Å²) in [5.41, 5.74) is 6.20. The molecule has 0 fully saturated rings. The Balaban J connectivity index is 3.11. The van der Waals surface area contributed by atoms with E-state index in [1.54, 1.807) is 0 Å². The van der Waals surface area contributed by atoms with E-state index in [9.17, 15) is 0 Å². The van der Waals surface area contributed by atoms with Crippen LogP contribution in [-0.2, 0) is 0 Å². The van der Waals surface area contributed by atoms with Gasteiger partial charge in [-0.3, -0.25) is 0 Å². The Morgan fingerprint density at radius 3 is 1.15 bits per heavy atom. The molecule has 0 bridgehead atoms. The first-order valence-corrected chi connectivity index (χ1v) is 9.56. The average molecular weight is 284 g/mol.